The van der Waals surface area contributed by atoms with E-state index in [1.807, 2.05) is 19.1 Å². The average Bonchev–Trinajstić information content (AvgIpc) is 2.36. The van der Waals surface area contributed by atoms with Crippen molar-refractivity contribution in [1.82, 2.24) is 5.32 Å². The van der Waals surface area contributed by atoms with E-state index in [0.29, 0.717) is 22.3 Å². The summed E-state index contributed by atoms with van der Waals surface area (Å²) in [7, 11) is 0. The first-order valence-electron chi connectivity index (χ1n) is 5.59. The highest BCUT2D eigenvalue weighted by Crippen LogP contribution is 2.26. The fourth-order valence-electron chi connectivity index (χ4n) is 1.23. The van der Waals surface area contributed by atoms with Crippen molar-refractivity contribution in [2.45, 2.75) is 13.3 Å². The summed E-state index contributed by atoms with van der Waals surface area (Å²) in [5.41, 5.74) is 0. The van der Waals surface area contributed by atoms with Crippen LogP contribution in [0.5, 0.6) is 5.75 Å². The van der Waals surface area contributed by atoms with Gasteiger partial charge < -0.3 is 10.1 Å². The number of nitrogens with one attached hydrogen (secondary N) is 1. The lowest BCUT2D eigenvalue weighted by molar-refractivity contribution is -0.123. The van der Waals surface area contributed by atoms with Gasteiger partial charge in [0.05, 0.1) is 10.0 Å². The van der Waals surface area contributed by atoms with Crippen molar-refractivity contribution < 1.29 is 9.53 Å². The van der Waals surface area contributed by atoms with E-state index in [4.69, 9.17) is 27.9 Å². The maximum atomic E-state index is 11.4. The normalized spacial score (nSPS) is 10.6. The minimum Gasteiger partial charge on any atom is -0.484 e. The van der Waals surface area contributed by atoms with E-state index >= 15 is 0 Å². The Kier molecular flexibility index (Phi) is 6.61. The maximum Gasteiger partial charge on any atom is 0.257 e. The molecule has 1 aromatic rings. The van der Waals surface area contributed by atoms with Crippen LogP contribution in [0, 0.1) is 0 Å². The molecule has 0 atom stereocenters. The molecule has 1 rings (SSSR count). The van der Waals surface area contributed by atoms with Gasteiger partial charge in [0, 0.05) is 12.6 Å². The van der Waals surface area contributed by atoms with Crippen LogP contribution in [0.15, 0.2) is 30.4 Å². The molecule has 1 aromatic carbocycles. The first-order valence-corrected chi connectivity index (χ1v) is 6.34. The Morgan fingerprint density at radius 3 is 2.83 bits per heavy atom. The molecule has 0 fully saturated rings. The number of hydrogen-bond acceptors (Lipinski definition) is 2. The first-order chi connectivity index (χ1) is 8.63. The molecule has 0 heterocycles. The van der Waals surface area contributed by atoms with Gasteiger partial charge in [-0.2, -0.15) is 0 Å². The fraction of sp³-hybridized carbons (Fsp3) is 0.308. The number of ether oxygens (including phenoxy) is 1. The summed E-state index contributed by atoms with van der Waals surface area (Å²) in [4.78, 5) is 11.4. The molecule has 1 amide bonds. The molecule has 0 saturated carbocycles. The number of benzene rings is 1. The van der Waals surface area contributed by atoms with E-state index < -0.39 is 0 Å². The number of carbonyl (C=O) groups excluding carboxylic acids is 1. The SMILES string of the molecule is C/C=C/CCNC(=O)COc1ccc(Cl)c(Cl)c1. The molecule has 0 radical (unpaired) electrons. The van der Waals surface area contributed by atoms with Crippen molar-refractivity contribution >= 4 is 29.1 Å². The molecule has 0 aliphatic rings. The molecule has 0 aromatic heterocycles. The molecule has 0 bridgehead atoms. The van der Waals surface area contributed by atoms with E-state index in [1.54, 1.807) is 18.2 Å². The van der Waals surface area contributed by atoms with Crippen LogP contribution in [0.1, 0.15) is 13.3 Å². The topological polar surface area (TPSA) is 38.3 Å². The van der Waals surface area contributed by atoms with Gasteiger partial charge in [0.2, 0.25) is 0 Å². The Morgan fingerprint density at radius 2 is 2.17 bits per heavy atom. The molecule has 0 aliphatic carbocycles. The molecular weight excluding hydrogens is 273 g/mol. The smallest absolute Gasteiger partial charge is 0.257 e. The van der Waals surface area contributed by atoms with E-state index in [0.717, 1.165) is 6.42 Å². The standard InChI is InChI=1S/C13H15Cl2NO2/c1-2-3-4-7-16-13(17)9-18-10-5-6-11(14)12(15)8-10/h2-3,5-6,8H,4,7,9H2,1H3,(H,16,17)/b3-2+. The van der Waals surface area contributed by atoms with E-state index in [9.17, 15) is 4.79 Å². The van der Waals surface area contributed by atoms with Crippen LogP contribution in [0.3, 0.4) is 0 Å². The lowest BCUT2D eigenvalue weighted by atomic mass is 10.3. The summed E-state index contributed by atoms with van der Waals surface area (Å²) in [6.07, 6.45) is 4.74. The zero-order chi connectivity index (χ0) is 13.4. The van der Waals surface area contributed by atoms with Crippen LogP contribution >= 0.6 is 23.2 Å². The molecule has 3 nitrogen and oxygen atoms in total. The molecular formula is C13H15Cl2NO2. The summed E-state index contributed by atoms with van der Waals surface area (Å²) < 4.78 is 5.29. The quantitative estimate of drug-likeness (QED) is 0.643. The number of allylic oxidation sites excluding steroid dienone is 1. The third-order valence-electron chi connectivity index (χ3n) is 2.13. The van der Waals surface area contributed by atoms with Gasteiger partial charge in [-0.3, -0.25) is 4.79 Å². The highest BCUT2D eigenvalue weighted by Gasteiger charge is 2.03. The predicted octanol–water partition coefficient (Wildman–Crippen LogP) is 3.45. The zero-order valence-corrected chi connectivity index (χ0v) is 11.6. The predicted molar refractivity (Wildman–Crippen MR) is 74.4 cm³/mol. The van der Waals surface area contributed by atoms with Crippen LogP contribution < -0.4 is 10.1 Å². The molecule has 0 saturated heterocycles. The molecule has 98 valence electrons. The molecule has 0 unspecified atom stereocenters. The lowest BCUT2D eigenvalue weighted by Gasteiger charge is -2.07. The summed E-state index contributed by atoms with van der Waals surface area (Å²) in [6.45, 7) is 2.51. The molecule has 0 spiro atoms. The lowest BCUT2D eigenvalue weighted by Crippen LogP contribution is -2.29. The average molecular weight is 288 g/mol. The Bertz CT molecular complexity index is 433. The fourth-order valence-corrected chi connectivity index (χ4v) is 1.52. The van der Waals surface area contributed by atoms with Gasteiger partial charge in [-0.15, -0.1) is 0 Å². The van der Waals surface area contributed by atoms with Crippen molar-refractivity contribution in [3.8, 4) is 5.75 Å². The number of amides is 1. The van der Waals surface area contributed by atoms with Gasteiger partial charge in [-0.05, 0) is 25.5 Å². The monoisotopic (exact) mass is 287 g/mol. The Balaban J connectivity index is 2.31. The summed E-state index contributed by atoms with van der Waals surface area (Å²) in [5.74, 6) is 0.360. The van der Waals surface area contributed by atoms with Gasteiger partial charge in [-0.1, -0.05) is 35.4 Å². The number of carbonyl (C=O) groups is 1. The van der Waals surface area contributed by atoms with E-state index in [2.05, 4.69) is 5.32 Å². The number of rotatable bonds is 6. The van der Waals surface area contributed by atoms with Crippen molar-refractivity contribution in [3.05, 3.63) is 40.4 Å². The van der Waals surface area contributed by atoms with Crippen LogP contribution in [-0.4, -0.2) is 19.1 Å². The summed E-state index contributed by atoms with van der Waals surface area (Å²) >= 11 is 11.6. The first kappa shape index (κ1) is 14.9. The summed E-state index contributed by atoms with van der Waals surface area (Å²) in [5, 5.41) is 3.60. The van der Waals surface area contributed by atoms with Crippen LogP contribution in [0.2, 0.25) is 10.0 Å². The molecule has 18 heavy (non-hydrogen) atoms. The van der Waals surface area contributed by atoms with Crippen molar-refractivity contribution in [3.63, 3.8) is 0 Å². The maximum absolute atomic E-state index is 11.4. The van der Waals surface area contributed by atoms with Crippen LogP contribution in [0.4, 0.5) is 0 Å². The van der Waals surface area contributed by atoms with Gasteiger partial charge in [-0.25, -0.2) is 0 Å². The van der Waals surface area contributed by atoms with Crippen molar-refractivity contribution in [1.29, 1.82) is 0 Å². The van der Waals surface area contributed by atoms with Crippen molar-refractivity contribution in [2.24, 2.45) is 0 Å². The minimum atomic E-state index is -0.162. The molecule has 1 N–H and O–H groups in total. The number of hydrogen-bond donors (Lipinski definition) is 1. The van der Waals surface area contributed by atoms with Gasteiger partial charge in [0.25, 0.3) is 5.91 Å². The second kappa shape index (κ2) is 8.01. The third-order valence-corrected chi connectivity index (χ3v) is 2.87. The van der Waals surface area contributed by atoms with Gasteiger partial charge >= 0.3 is 0 Å². The Hall–Kier alpha value is -1.19. The van der Waals surface area contributed by atoms with E-state index in [1.165, 1.54) is 0 Å². The van der Waals surface area contributed by atoms with E-state index in [-0.39, 0.29) is 12.5 Å². The largest absolute Gasteiger partial charge is 0.484 e. The zero-order valence-electron chi connectivity index (χ0n) is 10.1. The van der Waals surface area contributed by atoms with Crippen LogP contribution in [0.25, 0.3) is 0 Å². The third kappa shape index (κ3) is 5.43. The second-order valence-electron chi connectivity index (χ2n) is 3.57. The van der Waals surface area contributed by atoms with Crippen LogP contribution in [-0.2, 0) is 4.79 Å². The summed E-state index contributed by atoms with van der Waals surface area (Å²) in [6, 6.07) is 4.88. The Morgan fingerprint density at radius 1 is 1.39 bits per heavy atom. The minimum absolute atomic E-state index is 0.0339. The molecule has 0 aliphatic heterocycles. The Labute approximate surface area is 117 Å². The van der Waals surface area contributed by atoms with Gasteiger partial charge in [0.15, 0.2) is 6.61 Å². The molecule has 5 heteroatoms. The highest BCUT2D eigenvalue weighted by atomic mass is 35.5. The number of halogens is 2. The second-order valence-corrected chi connectivity index (χ2v) is 4.39. The highest BCUT2D eigenvalue weighted by molar-refractivity contribution is 6.42. The van der Waals surface area contributed by atoms with Crippen molar-refractivity contribution in [2.75, 3.05) is 13.2 Å². The van der Waals surface area contributed by atoms with Gasteiger partial charge in [0.1, 0.15) is 5.75 Å².